The molecule has 2 heterocycles. The second-order valence-electron chi connectivity index (χ2n) is 5.55. The molecule has 2 aromatic rings. The zero-order valence-corrected chi connectivity index (χ0v) is 15.2. The Morgan fingerprint density at radius 1 is 1.38 bits per heavy atom. The van der Waals surface area contributed by atoms with Crippen molar-refractivity contribution in [1.82, 2.24) is 19.7 Å². The number of aromatic amines is 1. The normalized spacial score (nSPS) is 11.0. The first-order chi connectivity index (χ1) is 11.5. The van der Waals surface area contributed by atoms with E-state index in [1.54, 1.807) is 27.3 Å². The van der Waals surface area contributed by atoms with E-state index >= 15 is 0 Å². The van der Waals surface area contributed by atoms with Crippen LogP contribution in [-0.2, 0) is 11.3 Å². The van der Waals surface area contributed by atoms with E-state index in [1.807, 2.05) is 4.57 Å². The van der Waals surface area contributed by atoms with Gasteiger partial charge in [0.1, 0.15) is 6.33 Å². The summed E-state index contributed by atoms with van der Waals surface area (Å²) in [6, 6.07) is 0. The molecule has 7 nitrogen and oxygen atoms in total. The van der Waals surface area contributed by atoms with Crippen LogP contribution in [0.15, 0.2) is 11.5 Å². The number of ketones is 2. The third kappa shape index (κ3) is 4.12. The van der Waals surface area contributed by atoms with Gasteiger partial charge in [-0.1, -0.05) is 11.8 Å². The topological polar surface area (TPSA) is 89.9 Å². The van der Waals surface area contributed by atoms with Gasteiger partial charge in [-0.05, 0) is 32.8 Å². The molecular formula is C16H22N4O3S. The minimum atomic E-state index is -0.0560. The van der Waals surface area contributed by atoms with Crippen molar-refractivity contribution in [3.8, 4) is 0 Å². The van der Waals surface area contributed by atoms with E-state index in [4.69, 9.17) is 4.74 Å². The van der Waals surface area contributed by atoms with Crippen LogP contribution in [0.4, 0.5) is 0 Å². The Balaban J connectivity index is 2.03. The minimum absolute atomic E-state index is 0.0363. The predicted octanol–water partition coefficient (Wildman–Crippen LogP) is 2.44. The van der Waals surface area contributed by atoms with Crippen LogP contribution in [0.1, 0.15) is 45.4 Å². The molecule has 2 aromatic heterocycles. The zero-order valence-electron chi connectivity index (χ0n) is 14.4. The fraction of sp³-hybridized carbons (Fsp3) is 0.500. The quantitative estimate of drug-likeness (QED) is 0.424. The highest BCUT2D eigenvalue weighted by atomic mass is 32.2. The molecular weight excluding hydrogens is 328 g/mol. The lowest BCUT2D eigenvalue weighted by molar-refractivity contribution is 0.101. The molecule has 0 aromatic carbocycles. The van der Waals surface area contributed by atoms with Gasteiger partial charge < -0.3 is 14.3 Å². The average Bonchev–Trinajstić information content (AvgIpc) is 3.09. The van der Waals surface area contributed by atoms with Crippen LogP contribution in [0.3, 0.4) is 0 Å². The molecule has 0 saturated heterocycles. The Bertz CT molecular complexity index is 736. The van der Waals surface area contributed by atoms with Crippen molar-refractivity contribution in [2.75, 3.05) is 19.5 Å². The molecule has 0 aliphatic heterocycles. The summed E-state index contributed by atoms with van der Waals surface area (Å²) in [5.74, 6) is 0.145. The van der Waals surface area contributed by atoms with Crippen molar-refractivity contribution in [1.29, 1.82) is 0 Å². The second kappa shape index (κ2) is 8.25. The number of nitrogens with zero attached hydrogens (tertiary/aromatic N) is 3. The van der Waals surface area contributed by atoms with Crippen molar-refractivity contribution in [2.45, 2.75) is 38.9 Å². The number of methoxy groups -OCH3 is 1. The Hall–Kier alpha value is -1.93. The van der Waals surface area contributed by atoms with E-state index in [-0.39, 0.29) is 17.3 Å². The van der Waals surface area contributed by atoms with Gasteiger partial charge in [0.25, 0.3) is 0 Å². The summed E-state index contributed by atoms with van der Waals surface area (Å²) in [5.41, 5.74) is 2.55. The number of thioether (sulfide) groups is 1. The maximum Gasteiger partial charge on any atom is 0.191 e. The molecule has 0 saturated carbocycles. The smallest absolute Gasteiger partial charge is 0.191 e. The van der Waals surface area contributed by atoms with E-state index in [9.17, 15) is 9.59 Å². The van der Waals surface area contributed by atoms with Crippen LogP contribution in [0.25, 0.3) is 0 Å². The molecule has 8 heteroatoms. The van der Waals surface area contributed by atoms with Crippen molar-refractivity contribution < 1.29 is 14.3 Å². The molecule has 1 N–H and O–H groups in total. The van der Waals surface area contributed by atoms with Crippen molar-refractivity contribution in [3.63, 3.8) is 0 Å². The largest absolute Gasteiger partial charge is 0.385 e. The number of hydrogen-bond acceptors (Lipinski definition) is 6. The van der Waals surface area contributed by atoms with Gasteiger partial charge in [-0.2, -0.15) is 0 Å². The number of hydrogen-bond donors (Lipinski definition) is 1. The maximum atomic E-state index is 12.5. The number of aryl methyl sites for hydroxylation is 2. The molecule has 24 heavy (non-hydrogen) atoms. The maximum absolute atomic E-state index is 12.5. The monoisotopic (exact) mass is 350 g/mol. The van der Waals surface area contributed by atoms with Gasteiger partial charge in [-0.3, -0.25) is 9.59 Å². The van der Waals surface area contributed by atoms with Crippen molar-refractivity contribution >= 4 is 23.3 Å². The number of rotatable bonds is 9. The first-order valence-electron chi connectivity index (χ1n) is 7.68. The highest BCUT2D eigenvalue weighted by Gasteiger charge is 2.20. The van der Waals surface area contributed by atoms with E-state index in [0.717, 1.165) is 18.7 Å². The van der Waals surface area contributed by atoms with Crippen LogP contribution < -0.4 is 0 Å². The van der Waals surface area contributed by atoms with Gasteiger partial charge in [-0.25, -0.2) is 0 Å². The van der Waals surface area contributed by atoms with E-state index in [2.05, 4.69) is 15.2 Å². The molecule has 130 valence electrons. The minimum Gasteiger partial charge on any atom is -0.385 e. The fourth-order valence-corrected chi connectivity index (χ4v) is 3.46. The van der Waals surface area contributed by atoms with Gasteiger partial charge in [0.2, 0.25) is 0 Å². The highest BCUT2D eigenvalue weighted by Crippen LogP contribution is 2.22. The first kappa shape index (κ1) is 18.4. The number of nitrogens with one attached hydrogen (secondary N) is 1. The summed E-state index contributed by atoms with van der Waals surface area (Å²) in [5, 5.41) is 8.65. The molecule has 0 spiro atoms. The Morgan fingerprint density at radius 3 is 2.75 bits per heavy atom. The third-order valence-electron chi connectivity index (χ3n) is 3.73. The lowest BCUT2D eigenvalue weighted by Gasteiger charge is -2.05. The number of Topliss-reactive ketones (excluding diaryl/α,β-unsaturated/α-hetero) is 2. The summed E-state index contributed by atoms with van der Waals surface area (Å²) in [6.45, 7) is 6.52. The first-order valence-corrected chi connectivity index (χ1v) is 8.67. The van der Waals surface area contributed by atoms with E-state index in [0.29, 0.717) is 28.6 Å². The van der Waals surface area contributed by atoms with Crippen molar-refractivity contribution in [2.24, 2.45) is 0 Å². The van der Waals surface area contributed by atoms with Crippen LogP contribution in [0, 0.1) is 13.8 Å². The lowest BCUT2D eigenvalue weighted by atomic mass is 10.1. The van der Waals surface area contributed by atoms with Crippen LogP contribution in [-0.4, -0.2) is 50.8 Å². The highest BCUT2D eigenvalue weighted by molar-refractivity contribution is 7.99. The van der Waals surface area contributed by atoms with Gasteiger partial charge in [-0.15, -0.1) is 10.2 Å². The molecule has 0 unspecified atom stereocenters. The molecule has 0 aliphatic carbocycles. The Morgan fingerprint density at radius 2 is 2.12 bits per heavy atom. The molecule has 2 rings (SSSR count). The molecule has 0 bridgehead atoms. The fourth-order valence-electron chi connectivity index (χ4n) is 2.65. The number of aromatic nitrogens is 4. The van der Waals surface area contributed by atoms with Gasteiger partial charge >= 0.3 is 0 Å². The molecule has 0 atom stereocenters. The molecule has 0 aliphatic rings. The van der Waals surface area contributed by atoms with Crippen molar-refractivity contribution in [3.05, 3.63) is 28.8 Å². The summed E-state index contributed by atoms with van der Waals surface area (Å²) < 4.78 is 6.94. The van der Waals surface area contributed by atoms with Gasteiger partial charge in [0.05, 0.1) is 11.4 Å². The SMILES string of the molecule is COCCCn1cnnc1SCC(=O)c1[nH]c(C)c(C(C)=O)c1C. The van der Waals surface area contributed by atoms with Gasteiger partial charge in [0.15, 0.2) is 16.7 Å². The standard InChI is InChI=1S/C16H22N4O3S/c1-10-14(12(3)21)11(2)18-15(10)13(22)8-24-16-19-17-9-20(16)6-5-7-23-4/h9,18H,5-8H2,1-4H3. The lowest BCUT2D eigenvalue weighted by Crippen LogP contribution is -2.07. The molecule has 0 fully saturated rings. The second-order valence-corrected chi connectivity index (χ2v) is 6.49. The number of ether oxygens (including phenoxy) is 1. The predicted molar refractivity (Wildman–Crippen MR) is 91.8 cm³/mol. The third-order valence-corrected chi connectivity index (χ3v) is 4.71. The summed E-state index contributed by atoms with van der Waals surface area (Å²) in [4.78, 5) is 27.2. The average molecular weight is 350 g/mol. The Kier molecular flexibility index (Phi) is 6.33. The summed E-state index contributed by atoms with van der Waals surface area (Å²) in [7, 11) is 1.66. The van der Waals surface area contributed by atoms with Gasteiger partial charge in [0, 0.05) is 31.5 Å². The molecule has 0 radical (unpaired) electrons. The number of carbonyl (C=O) groups excluding carboxylic acids is 2. The van der Waals surface area contributed by atoms with E-state index in [1.165, 1.54) is 18.7 Å². The summed E-state index contributed by atoms with van der Waals surface area (Å²) >= 11 is 1.34. The van der Waals surface area contributed by atoms with Crippen LogP contribution >= 0.6 is 11.8 Å². The van der Waals surface area contributed by atoms with Crippen LogP contribution in [0.2, 0.25) is 0 Å². The Labute approximate surface area is 145 Å². The molecule has 0 amide bonds. The number of H-pyrrole nitrogens is 1. The zero-order chi connectivity index (χ0) is 17.7. The number of carbonyl (C=O) groups is 2. The van der Waals surface area contributed by atoms with Crippen LogP contribution in [0.5, 0.6) is 0 Å². The van der Waals surface area contributed by atoms with E-state index < -0.39 is 0 Å². The summed E-state index contributed by atoms with van der Waals surface area (Å²) in [6.07, 6.45) is 2.51.